The molecule has 2 aliphatic rings. The Kier molecular flexibility index (Phi) is 4.95. The number of benzene rings is 1. The third kappa shape index (κ3) is 3.87. The molecule has 5 heteroatoms. The van der Waals surface area contributed by atoms with E-state index in [1.807, 2.05) is 0 Å². The maximum Gasteiger partial charge on any atom is 0.124 e. The van der Waals surface area contributed by atoms with E-state index in [0.29, 0.717) is 6.61 Å². The molecule has 2 N–H and O–H groups in total. The molecule has 1 unspecified atom stereocenters. The van der Waals surface area contributed by atoms with Gasteiger partial charge < -0.3 is 20.1 Å². The molecule has 0 radical (unpaired) electrons. The summed E-state index contributed by atoms with van der Waals surface area (Å²) < 4.78 is 11.2. The summed E-state index contributed by atoms with van der Waals surface area (Å²) in [6, 6.07) is 8.45. The largest absolute Gasteiger partial charge is 0.488 e. The lowest BCUT2D eigenvalue weighted by Crippen LogP contribution is -2.47. The lowest BCUT2D eigenvalue weighted by atomic mass is 10.2. The standard InChI is InChI=1S/C16H25N3O2/c17-6-7-18-8-10-19(11-9-18)14-1-3-15(4-2-14)21-16-5-12-20-13-16/h1-4,16H,5-13,17H2. The van der Waals surface area contributed by atoms with Crippen LogP contribution < -0.4 is 15.4 Å². The predicted octanol–water partition coefficient (Wildman–Crippen LogP) is 0.935. The lowest BCUT2D eigenvalue weighted by molar-refractivity contribution is 0.141. The topological polar surface area (TPSA) is 51.0 Å². The van der Waals surface area contributed by atoms with E-state index >= 15 is 0 Å². The Morgan fingerprint density at radius 1 is 1.14 bits per heavy atom. The second-order valence-electron chi connectivity index (χ2n) is 5.71. The minimum atomic E-state index is 0.218. The van der Waals surface area contributed by atoms with Gasteiger partial charge in [-0.05, 0) is 24.3 Å². The van der Waals surface area contributed by atoms with Crippen molar-refractivity contribution in [1.82, 2.24) is 4.90 Å². The highest BCUT2D eigenvalue weighted by atomic mass is 16.5. The predicted molar refractivity (Wildman–Crippen MR) is 84.0 cm³/mol. The van der Waals surface area contributed by atoms with Gasteiger partial charge in [-0.2, -0.15) is 0 Å². The van der Waals surface area contributed by atoms with E-state index in [1.54, 1.807) is 0 Å². The quantitative estimate of drug-likeness (QED) is 0.875. The monoisotopic (exact) mass is 291 g/mol. The maximum absolute atomic E-state index is 5.90. The fourth-order valence-electron chi connectivity index (χ4n) is 2.95. The van der Waals surface area contributed by atoms with Crippen LogP contribution in [-0.2, 0) is 4.74 Å². The second kappa shape index (κ2) is 7.11. The molecular formula is C16H25N3O2. The summed E-state index contributed by atoms with van der Waals surface area (Å²) >= 11 is 0. The smallest absolute Gasteiger partial charge is 0.124 e. The Morgan fingerprint density at radius 3 is 2.52 bits per heavy atom. The van der Waals surface area contributed by atoms with E-state index in [0.717, 1.165) is 58.0 Å². The number of piperazine rings is 1. The minimum Gasteiger partial charge on any atom is -0.488 e. The molecule has 5 nitrogen and oxygen atoms in total. The Hall–Kier alpha value is -1.30. The van der Waals surface area contributed by atoms with E-state index in [4.69, 9.17) is 15.2 Å². The highest BCUT2D eigenvalue weighted by Gasteiger charge is 2.18. The first-order chi connectivity index (χ1) is 10.3. The summed E-state index contributed by atoms with van der Waals surface area (Å²) in [5.74, 6) is 0.941. The molecule has 2 heterocycles. The van der Waals surface area contributed by atoms with E-state index < -0.39 is 0 Å². The van der Waals surface area contributed by atoms with Gasteiger partial charge in [0.1, 0.15) is 11.9 Å². The number of hydrogen-bond donors (Lipinski definition) is 1. The number of ether oxygens (including phenoxy) is 2. The van der Waals surface area contributed by atoms with E-state index in [-0.39, 0.29) is 6.10 Å². The number of nitrogens with zero attached hydrogens (tertiary/aromatic N) is 2. The van der Waals surface area contributed by atoms with Crippen molar-refractivity contribution >= 4 is 5.69 Å². The molecule has 2 fully saturated rings. The normalized spacial score (nSPS) is 23.5. The lowest BCUT2D eigenvalue weighted by Gasteiger charge is -2.36. The van der Waals surface area contributed by atoms with Gasteiger partial charge in [-0.3, -0.25) is 4.90 Å². The first kappa shape index (κ1) is 14.6. The van der Waals surface area contributed by atoms with Gasteiger partial charge in [0.05, 0.1) is 13.2 Å². The van der Waals surface area contributed by atoms with Crippen molar-refractivity contribution in [1.29, 1.82) is 0 Å². The third-order valence-electron chi connectivity index (χ3n) is 4.21. The minimum absolute atomic E-state index is 0.218. The summed E-state index contributed by atoms with van der Waals surface area (Å²) in [6.45, 7) is 7.60. The van der Waals surface area contributed by atoms with Gasteiger partial charge in [0.2, 0.25) is 0 Å². The van der Waals surface area contributed by atoms with Gasteiger partial charge in [-0.15, -0.1) is 0 Å². The summed E-state index contributed by atoms with van der Waals surface area (Å²) in [4.78, 5) is 4.85. The van der Waals surface area contributed by atoms with Crippen LogP contribution in [0.4, 0.5) is 5.69 Å². The summed E-state index contributed by atoms with van der Waals surface area (Å²) in [6.07, 6.45) is 1.21. The molecule has 1 aromatic carbocycles. The van der Waals surface area contributed by atoms with Crippen molar-refractivity contribution in [3.63, 3.8) is 0 Å². The van der Waals surface area contributed by atoms with Crippen LogP contribution in [0.3, 0.4) is 0 Å². The zero-order valence-electron chi connectivity index (χ0n) is 12.5. The molecular weight excluding hydrogens is 266 g/mol. The summed E-state index contributed by atoms with van der Waals surface area (Å²) in [5, 5.41) is 0. The molecule has 0 amide bonds. The molecule has 116 valence electrons. The van der Waals surface area contributed by atoms with E-state index in [2.05, 4.69) is 34.1 Å². The van der Waals surface area contributed by atoms with Gasteiger partial charge in [-0.1, -0.05) is 0 Å². The average molecular weight is 291 g/mol. The molecule has 1 aromatic rings. The molecule has 2 aliphatic heterocycles. The molecule has 2 saturated heterocycles. The summed E-state index contributed by atoms with van der Waals surface area (Å²) in [5.41, 5.74) is 6.89. The molecule has 0 aromatic heterocycles. The van der Waals surface area contributed by atoms with Crippen LogP contribution in [0.25, 0.3) is 0 Å². The molecule has 3 rings (SSSR count). The van der Waals surface area contributed by atoms with Gasteiger partial charge in [0.15, 0.2) is 0 Å². The molecule has 0 bridgehead atoms. The Morgan fingerprint density at radius 2 is 1.90 bits per heavy atom. The molecule has 21 heavy (non-hydrogen) atoms. The van der Waals surface area contributed by atoms with Crippen molar-refractivity contribution in [2.75, 3.05) is 57.4 Å². The van der Waals surface area contributed by atoms with Crippen LogP contribution in [0.15, 0.2) is 24.3 Å². The Labute approximate surface area is 126 Å². The van der Waals surface area contributed by atoms with Crippen LogP contribution in [-0.4, -0.2) is 63.5 Å². The SMILES string of the molecule is NCCN1CCN(c2ccc(OC3CCOC3)cc2)CC1. The van der Waals surface area contributed by atoms with Crippen molar-refractivity contribution in [3.05, 3.63) is 24.3 Å². The van der Waals surface area contributed by atoms with E-state index in [1.165, 1.54) is 5.69 Å². The summed E-state index contributed by atoms with van der Waals surface area (Å²) in [7, 11) is 0. The molecule has 0 saturated carbocycles. The van der Waals surface area contributed by atoms with Crippen molar-refractivity contribution in [3.8, 4) is 5.75 Å². The van der Waals surface area contributed by atoms with Crippen LogP contribution >= 0.6 is 0 Å². The average Bonchev–Trinajstić information content (AvgIpc) is 3.02. The zero-order valence-corrected chi connectivity index (χ0v) is 12.5. The highest BCUT2D eigenvalue weighted by molar-refractivity contribution is 5.49. The Bertz CT molecular complexity index is 424. The Balaban J connectivity index is 1.52. The van der Waals surface area contributed by atoms with Crippen molar-refractivity contribution in [2.24, 2.45) is 5.73 Å². The second-order valence-corrected chi connectivity index (χ2v) is 5.71. The fraction of sp³-hybridized carbons (Fsp3) is 0.625. The van der Waals surface area contributed by atoms with Crippen molar-refractivity contribution < 1.29 is 9.47 Å². The molecule has 0 aliphatic carbocycles. The van der Waals surface area contributed by atoms with Crippen LogP contribution in [0, 0.1) is 0 Å². The van der Waals surface area contributed by atoms with Gasteiger partial charge in [0.25, 0.3) is 0 Å². The number of rotatable bonds is 5. The zero-order chi connectivity index (χ0) is 14.5. The van der Waals surface area contributed by atoms with Crippen LogP contribution in [0.1, 0.15) is 6.42 Å². The fourth-order valence-corrected chi connectivity index (χ4v) is 2.95. The number of nitrogens with two attached hydrogens (primary N) is 1. The van der Waals surface area contributed by atoms with Gasteiger partial charge in [-0.25, -0.2) is 0 Å². The van der Waals surface area contributed by atoms with E-state index in [9.17, 15) is 0 Å². The number of hydrogen-bond acceptors (Lipinski definition) is 5. The third-order valence-corrected chi connectivity index (χ3v) is 4.21. The first-order valence-corrected chi connectivity index (χ1v) is 7.87. The number of anilines is 1. The maximum atomic E-state index is 5.90. The van der Waals surface area contributed by atoms with Crippen LogP contribution in [0.2, 0.25) is 0 Å². The highest BCUT2D eigenvalue weighted by Crippen LogP contribution is 2.22. The van der Waals surface area contributed by atoms with Gasteiger partial charge >= 0.3 is 0 Å². The molecule has 1 atom stereocenters. The van der Waals surface area contributed by atoms with Gasteiger partial charge in [0, 0.05) is 51.4 Å². The first-order valence-electron chi connectivity index (χ1n) is 7.87. The van der Waals surface area contributed by atoms with Crippen molar-refractivity contribution in [2.45, 2.75) is 12.5 Å². The van der Waals surface area contributed by atoms with Crippen LogP contribution in [0.5, 0.6) is 5.75 Å². The molecule has 0 spiro atoms.